The zero-order valence-corrected chi connectivity index (χ0v) is 12.8. The van der Waals surface area contributed by atoms with Crippen LogP contribution >= 0.6 is 0 Å². The summed E-state index contributed by atoms with van der Waals surface area (Å²) in [5, 5.41) is 14.4. The van der Waals surface area contributed by atoms with Crippen LogP contribution in [0.5, 0.6) is 0 Å². The summed E-state index contributed by atoms with van der Waals surface area (Å²) in [6.07, 6.45) is 0. The van der Waals surface area contributed by atoms with Gasteiger partial charge in [0.15, 0.2) is 23.3 Å². The summed E-state index contributed by atoms with van der Waals surface area (Å²) in [6.45, 7) is 2.86. The quantitative estimate of drug-likeness (QED) is 0.219. The molecule has 0 aliphatic heterocycles. The normalized spacial score (nSPS) is 11.6. The second-order valence-electron chi connectivity index (χ2n) is 5.01. The molecule has 0 heterocycles. The molecule has 2 aromatic carbocycles. The highest BCUT2D eigenvalue weighted by Gasteiger charge is 2.25. The van der Waals surface area contributed by atoms with Crippen LogP contribution in [0.1, 0.15) is 18.1 Å². The van der Waals surface area contributed by atoms with E-state index in [-0.39, 0.29) is 17.0 Å². The monoisotopic (exact) mass is 359 g/mol. The maximum Gasteiger partial charge on any atom is 0.272 e. The summed E-state index contributed by atoms with van der Waals surface area (Å²) < 4.78 is 66.3. The number of hydrazone groups is 1. The van der Waals surface area contributed by atoms with Crippen molar-refractivity contribution in [2.75, 3.05) is 5.43 Å². The molecule has 5 nitrogen and oxygen atoms in total. The molecule has 0 saturated carbocycles. The predicted molar refractivity (Wildman–Crippen MR) is 79.9 cm³/mol. The Balaban J connectivity index is 2.41. The largest absolute Gasteiger partial charge is 0.272 e. The van der Waals surface area contributed by atoms with Gasteiger partial charge >= 0.3 is 0 Å². The molecule has 10 heteroatoms. The van der Waals surface area contributed by atoms with Gasteiger partial charge in [-0.05, 0) is 13.8 Å². The zero-order chi connectivity index (χ0) is 18.9. The minimum Gasteiger partial charge on any atom is -0.272 e. The molecule has 0 unspecified atom stereocenters. The smallest absolute Gasteiger partial charge is 0.272 e. The molecule has 0 radical (unpaired) electrons. The first-order valence-corrected chi connectivity index (χ1v) is 6.72. The summed E-state index contributed by atoms with van der Waals surface area (Å²) in [5.41, 5.74) is 0.894. The molecule has 132 valence electrons. The van der Waals surface area contributed by atoms with E-state index in [1.54, 1.807) is 5.43 Å². The highest BCUT2D eigenvalue weighted by molar-refractivity contribution is 5.99. The molecule has 0 aliphatic carbocycles. The summed E-state index contributed by atoms with van der Waals surface area (Å²) >= 11 is 0. The van der Waals surface area contributed by atoms with E-state index in [2.05, 4.69) is 5.10 Å². The number of aryl methyl sites for hydroxylation is 1. The van der Waals surface area contributed by atoms with Crippen molar-refractivity contribution in [3.63, 3.8) is 0 Å². The van der Waals surface area contributed by atoms with Crippen molar-refractivity contribution in [2.24, 2.45) is 5.10 Å². The summed E-state index contributed by atoms with van der Waals surface area (Å²) in [7, 11) is 0. The molecule has 1 N–H and O–H groups in total. The van der Waals surface area contributed by atoms with E-state index in [4.69, 9.17) is 0 Å². The van der Waals surface area contributed by atoms with E-state index >= 15 is 0 Å². The second kappa shape index (κ2) is 6.83. The SMILES string of the molecule is C/C(=N/Nc1c(F)c(F)c(F)c(F)c1F)c1ccc(C)c([N+](=O)[O-])c1. The fourth-order valence-electron chi connectivity index (χ4n) is 1.94. The van der Waals surface area contributed by atoms with Crippen LogP contribution in [0.15, 0.2) is 23.3 Å². The van der Waals surface area contributed by atoms with Crippen LogP contribution in [-0.4, -0.2) is 10.6 Å². The zero-order valence-electron chi connectivity index (χ0n) is 12.8. The Hall–Kier alpha value is -3.04. The van der Waals surface area contributed by atoms with Gasteiger partial charge in [0.05, 0.1) is 10.6 Å². The molecule has 0 amide bonds. The summed E-state index contributed by atoms with van der Waals surface area (Å²) in [6, 6.07) is 4.07. The molecule has 0 spiro atoms. The van der Waals surface area contributed by atoms with E-state index in [1.165, 1.54) is 32.0 Å². The average molecular weight is 359 g/mol. The van der Waals surface area contributed by atoms with Crippen molar-refractivity contribution in [1.82, 2.24) is 0 Å². The van der Waals surface area contributed by atoms with Crippen LogP contribution < -0.4 is 5.43 Å². The van der Waals surface area contributed by atoms with Crippen LogP contribution in [0.2, 0.25) is 0 Å². The lowest BCUT2D eigenvalue weighted by atomic mass is 10.1. The van der Waals surface area contributed by atoms with Crippen molar-refractivity contribution in [2.45, 2.75) is 13.8 Å². The van der Waals surface area contributed by atoms with Gasteiger partial charge in [-0.3, -0.25) is 15.5 Å². The summed E-state index contributed by atoms with van der Waals surface area (Å²) in [4.78, 5) is 10.3. The van der Waals surface area contributed by atoms with Gasteiger partial charge < -0.3 is 0 Å². The number of benzene rings is 2. The Kier molecular flexibility index (Phi) is 5.00. The fourth-order valence-corrected chi connectivity index (χ4v) is 1.94. The van der Waals surface area contributed by atoms with Crippen molar-refractivity contribution in [3.8, 4) is 0 Å². The molecular formula is C15H10F5N3O2. The molecule has 25 heavy (non-hydrogen) atoms. The molecular weight excluding hydrogens is 349 g/mol. The minimum absolute atomic E-state index is 0.0343. The van der Waals surface area contributed by atoms with Gasteiger partial charge in [0.1, 0.15) is 5.69 Å². The highest BCUT2D eigenvalue weighted by Crippen LogP contribution is 2.27. The molecule has 0 atom stereocenters. The van der Waals surface area contributed by atoms with Gasteiger partial charge in [-0.2, -0.15) is 5.10 Å². The maximum atomic E-state index is 13.5. The maximum absolute atomic E-state index is 13.5. The van der Waals surface area contributed by atoms with Crippen molar-refractivity contribution in [3.05, 3.63) is 68.5 Å². The number of nitrogens with one attached hydrogen (secondary N) is 1. The van der Waals surface area contributed by atoms with Gasteiger partial charge in [0.25, 0.3) is 5.69 Å². The topological polar surface area (TPSA) is 67.5 Å². The van der Waals surface area contributed by atoms with Gasteiger partial charge in [-0.25, -0.2) is 22.0 Å². The van der Waals surface area contributed by atoms with E-state index in [9.17, 15) is 32.1 Å². The Morgan fingerprint density at radius 3 is 2.08 bits per heavy atom. The van der Waals surface area contributed by atoms with Crippen LogP contribution in [0.3, 0.4) is 0 Å². The van der Waals surface area contributed by atoms with E-state index < -0.39 is 39.7 Å². The first-order chi connectivity index (χ1) is 11.6. The van der Waals surface area contributed by atoms with E-state index in [1.807, 2.05) is 0 Å². The number of halogens is 5. The Morgan fingerprint density at radius 1 is 1.04 bits per heavy atom. The number of nitrogens with zero attached hydrogens (tertiary/aromatic N) is 2. The summed E-state index contributed by atoms with van der Waals surface area (Å²) in [5.74, 6) is -10.6. The highest BCUT2D eigenvalue weighted by atomic mass is 19.2. The van der Waals surface area contributed by atoms with Crippen LogP contribution in [0.4, 0.5) is 33.3 Å². The number of rotatable bonds is 4. The van der Waals surface area contributed by atoms with Crippen LogP contribution in [0, 0.1) is 46.1 Å². The second-order valence-corrected chi connectivity index (χ2v) is 5.01. The Morgan fingerprint density at radius 2 is 1.56 bits per heavy atom. The number of hydrogen-bond donors (Lipinski definition) is 1. The average Bonchev–Trinajstić information content (AvgIpc) is 2.58. The predicted octanol–water partition coefficient (Wildman–Crippen LogP) is 4.43. The number of hydrogen-bond acceptors (Lipinski definition) is 4. The first kappa shape index (κ1) is 18.3. The molecule has 2 aromatic rings. The van der Waals surface area contributed by atoms with Crippen molar-refractivity contribution >= 4 is 17.1 Å². The number of anilines is 1. The number of nitro groups is 1. The Labute approximate surface area is 137 Å². The van der Waals surface area contributed by atoms with Gasteiger partial charge in [0.2, 0.25) is 5.82 Å². The molecule has 0 aromatic heterocycles. The molecule has 0 bridgehead atoms. The van der Waals surface area contributed by atoms with Gasteiger partial charge in [-0.1, -0.05) is 12.1 Å². The van der Waals surface area contributed by atoms with E-state index in [0.29, 0.717) is 5.56 Å². The standard InChI is InChI=1S/C15H10F5N3O2/c1-6-3-4-8(5-9(6)23(24)25)7(2)21-22-15-13(19)11(17)10(16)12(18)14(15)20/h3-5,22H,1-2H3/b21-7-. The van der Waals surface area contributed by atoms with Crippen LogP contribution in [-0.2, 0) is 0 Å². The molecule has 0 fully saturated rings. The minimum atomic E-state index is -2.28. The lowest BCUT2D eigenvalue weighted by molar-refractivity contribution is -0.385. The van der Waals surface area contributed by atoms with Gasteiger partial charge in [-0.15, -0.1) is 0 Å². The first-order valence-electron chi connectivity index (χ1n) is 6.72. The number of nitro benzene ring substituents is 1. The van der Waals surface area contributed by atoms with Crippen molar-refractivity contribution in [1.29, 1.82) is 0 Å². The molecule has 0 aliphatic rings. The lowest BCUT2D eigenvalue weighted by Gasteiger charge is -2.08. The Bertz CT molecular complexity index is 870. The van der Waals surface area contributed by atoms with Gasteiger partial charge in [0, 0.05) is 17.2 Å². The fraction of sp³-hybridized carbons (Fsp3) is 0.133. The molecule has 2 rings (SSSR count). The van der Waals surface area contributed by atoms with E-state index in [0.717, 1.165) is 0 Å². The lowest BCUT2D eigenvalue weighted by Crippen LogP contribution is -2.08. The van der Waals surface area contributed by atoms with Crippen molar-refractivity contribution < 1.29 is 26.9 Å². The third-order valence-corrected chi connectivity index (χ3v) is 3.37. The van der Waals surface area contributed by atoms with Crippen LogP contribution in [0.25, 0.3) is 0 Å². The third-order valence-electron chi connectivity index (χ3n) is 3.37. The third kappa shape index (κ3) is 3.42. The molecule has 0 saturated heterocycles.